The maximum absolute atomic E-state index is 13.3. The van der Waals surface area contributed by atoms with Crippen molar-refractivity contribution in [2.24, 2.45) is 0 Å². The second-order valence-electron chi connectivity index (χ2n) is 3.33. The van der Waals surface area contributed by atoms with Gasteiger partial charge in [0.2, 0.25) is 0 Å². The number of amides is 2. The highest BCUT2D eigenvalue weighted by atomic mass is 79.9. The summed E-state index contributed by atoms with van der Waals surface area (Å²) in [5, 5.41) is 4.61. The van der Waals surface area contributed by atoms with Crippen molar-refractivity contribution < 1.29 is 14.0 Å². The summed E-state index contributed by atoms with van der Waals surface area (Å²) in [6.07, 6.45) is 0.726. The van der Waals surface area contributed by atoms with E-state index in [9.17, 15) is 14.0 Å². The summed E-state index contributed by atoms with van der Waals surface area (Å²) in [4.78, 5) is 22.6. The first kappa shape index (κ1) is 13.6. The van der Waals surface area contributed by atoms with Gasteiger partial charge in [0, 0.05) is 11.0 Å². The zero-order valence-electron chi connectivity index (χ0n) is 9.22. The maximum atomic E-state index is 13.3. The van der Waals surface area contributed by atoms with E-state index in [1.54, 1.807) is 0 Å². The van der Waals surface area contributed by atoms with Crippen LogP contribution in [0.5, 0.6) is 0 Å². The molecular formula is C11H12BrFN2O2. The van der Waals surface area contributed by atoms with Crippen molar-refractivity contribution >= 4 is 33.4 Å². The zero-order chi connectivity index (χ0) is 12.8. The van der Waals surface area contributed by atoms with E-state index in [0.29, 0.717) is 11.0 Å². The molecule has 0 saturated carbocycles. The monoisotopic (exact) mass is 302 g/mol. The van der Waals surface area contributed by atoms with Crippen LogP contribution in [0.15, 0.2) is 22.7 Å². The van der Waals surface area contributed by atoms with Gasteiger partial charge in [0.15, 0.2) is 0 Å². The molecule has 0 radical (unpaired) electrons. The Hall–Kier alpha value is -1.43. The van der Waals surface area contributed by atoms with Crippen molar-refractivity contribution in [2.75, 3.05) is 11.9 Å². The average Bonchev–Trinajstić information content (AvgIpc) is 2.30. The summed E-state index contributed by atoms with van der Waals surface area (Å²) in [6.45, 7) is 2.28. The second kappa shape index (κ2) is 6.34. The van der Waals surface area contributed by atoms with Crippen LogP contribution in [0.25, 0.3) is 0 Å². The molecule has 4 nitrogen and oxygen atoms in total. The minimum absolute atomic E-state index is 0.0315. The van der Waals surface area contributed by atoms with E-state index in [0.717, 1.165) is 6.42 Å². The number of carbonyl (C=O) groups is 2. The highest BCUT2D eigenvalue weighted by Gasteiger charge is 2.14. The molecule has 0 aliphatic heterocycles. The molecule has 0 fully saturated rings. The van der Waals surface area contributed by atoms with Gasteiger partial charge >= 0.3 is 11.8 Å². The quantitative estimate of drug-likeness (QED) is 0.840. The molecule has 0 bridgehead atoms. The molecule has 0 atom stereocenters. The summed E-state index contributed by atoms with van der Waals surface area (Å²) in [5.74, 6) is -2.24. The Morgan fingerprint density at radius 2 is 2.06 bits per heavy atom. The largest absolute Gasteiger partial charge is 0.348 e. The van der Waals surface area contributed by atoms with Crippen LogP contribution in [0, 0.1) is 5.82 Å². The normalized spacial score (nSPS) is 9.82. The molecule has 1 rings (SSSR count). The fraction of sp³-hybridized carbons (Fsp3) is 0.273. The van der Waals surface area contributed by atoms with Gasteiger partial charge in [-0.05, 0) is 24.6 Å². The number of rotatable bonds is 3. The lowest BCUT2D eigenvalue weighted by molar-refractivity contribution is -0.136. The number of hydrogen-bond acceptors (Lipinski definition) is 2. The molecule has 0 aromatic heterocycles. The van der Waals surface area contributed by atoms with Crippen molar-refractivity contribution in [2.45, 2.75) is 13.3 Å². The van der Waals surface area contributed by atoms with Gasteiger partial charge in [0.05, 0.1) is 5.69 Å². The molecule has 6 heteroatoms. The molecule has 0 aliphatic rings. The first-order valence-corrected chi connectivity index (χ1v) is 5.88. The molecule has 0 aliphatic carbocycles. The fourth-order valence-corrected chi connectivity index (χ4v) is 1.45. The fourth-order valence-electron chi connectivity index (χ4n) is 1.09. The number of hydrogen-bond donors (Lipinski definition) is 2. The molecule has 0 heterocycles. The number of halogens is 2. The number of benzene rings is 1. The third-order valence-electron chi connectivity index (χ3n) is 1.92. The predicted molar refractivity (Wildman–Crippen MR) is 66.0 cm³/mol. The maximum Gasteiger partial charge on any atom is 0.313 e. The summed E-state index contributed by atoms with van der Waals surface area (Å²) in [6, 6.07) is 4.09. The number of carbonyl (C=O) groups excluding carboxylic acids is 2. The predicted octanol–water partition coefficient (Wildman–Crippen LogP) is 2.05. The van der Waals surface area contributed by atoms with Crippen molar-refractivity contribution in [3.05, 3.63) is 28.5 Å². The van der Waals surface area contributed by atoms with Crippen LogP contribution in [-0.2, 0) is 9.59 Å². The van der Waals surface area contributed by atoms with Crippen LogP contribution in [-0.4, -0.2) is 18.4 Å². The van der Waals surface area contributed by atoms with E-state index in [1.165, 1.54) is 18.2 Å². The van der Waals surface area contributed by atoms with E-state index in [1.807, 2.05) is 6.92 Å². The smallest absolute Gasteiger partial charge is 0.313 e. The van der Waals surface area contributed by atoms with Gasteiger partial charge in [0.25, 0.3) is 0 Å². The van der Waals surface area contributed by atoms with E-state index in [2.05, 4.69) is 26.6 Å². The van der Waals surface area contributed by atoms with Crippen LogP contribution in [0.4, 0.5) is 10.1 Å². The summed E-state index contributed by atoms with van der Waals surface area (Å²) in [5.41, 5.74) is -0.0315. The van der Waals surface area contributed by atoms with E-state index in [4.69, 9.17) is 0 Å². The van der Waals surface area contributed by atoms with Crippen molar-refractivity contribution in [3.63, 3.8) is 0 Å². The lowest BCUT2D eigenvalue weighted by Crippen LogP contribution is -2.35. The van der Waals surface area contributed by atoms with E-state index >= 15 is 0 Å². The van der Waals surface area contributed by atoms with Crippen molar-refractivity contribution in [1.82, 2.24) is 5.32 Å². The van der Waals surface area contributed by atoms with Gasteiger partial charge in [-0.1, -0.05) is 22.9 Å². The Bertz CT molecular complexity index is 437. The zero-order valence-corrected chi connectivity index (χ0v) is 10.8. The lowest BCUT2D eigenvalue weighted by atomic mass is 10.3. The molecule has 1 aromatic rings. The highest BCUT2D eigenvalue weighted by molar-refractivity contribution is 9.10. The van der Waals surface area contributed by atoms with Gasteiger partial charge in [-0.3, -0.25) is 9.59 Å². The number of anilines is 1. The average molecular weight is 303 g/mol. The van der Waals surface area contributed by atoms with Crippen LogP contribution in [0.2, 0.25) is 0 Å². The standard InChI is InChI=1S/C11H12BrFN2O2/c1-2-5-14-10(16)11(17)15-9-6-7(12)3-4-8(9)13/h3-4,6H,2,5H2,1H3,(H,14,16)(H,15,17). The molecule has 1 aromatic carbocycles. The molecule has 2 N–H and O–H groups in total. The third-order valence-corrected chi connectivity index (χ3v) is 2.41. The van der Waals surface area contributed by atoms with Crippen LogP contribution in [0.3, 0.4) is 0 Å². The molecule has 92 valence electrons. The minimum atomic E-state index is -0.879. The van der Waals surface area contributed by atoms with Crippen LogP contribution >= 0.6 is 15.9 Å². The van der Waals surface area contributed by atoms with Crippen LogP contribution in [0.1, 0.15) is 13.3 Å². The summed E-state index contributed by atoms with van der Waals surface area (Å²) in [7, 11) is 0. The molecular weight excluding hydrogens is 291 g/mol. The van der Waals surface area contributed by atoms with E-state index in [-0.39, 0.29) is 5.69 Å². The Labute approximate surface area is 107 Å². The summed E-state index contributed by atoms with van der Waals surface area (Å²) < 4.78 is 13.9. The van der Waals surface area contributed by atoms with Gasteiger partial charge < -0.3 is 10.6 Å². The topological polar surface area (TPSA) is 58.2 Å². The minimum Gasteiger partial charge on any atom is -0.348 e. The first-order valence-electron chi connectivity index (χ1n) is 5.08. The SMILES string of the molecule is CCCNC(=O)C(=O)Nc1cc(Br)ccc1F. The van der Waals surface area contributed by atoms with Crippen LogP contribution < -0.4 is 10.6 Å². The van der Waals surface area contributed by atoms with Gasteiger partial charge in [-0.25, -0.2) is 4.39 Å². The second-order valence-corrected chi connectivity index (χ2v) is 4.25. The first-order chi connectivity index (χ1) is 8.04. The summed E-state index contributed by atoms with van der Waals surface area (Å²) >= 11 is 3.15. The highest BCUT2D eigenvalue weighted by Crippen LogP contribution is 2.19. The number of nitrogens with one attached hydrogen (secondary N) is 2. The Kier molecular flexibility index (Phi) is 5.09. The lowest BCUT2D eigenvalue weighted by Gasteiger charge is -2.06. The Morgan fingerprint density at radius 3 is 2.71 bits per heavy atom. The van der Waals surface area contributed by atoms with E-state index < -0.39 is 17.6 Å². The van der Waals surface area contributed by atoms with Crippen molar-refractivity contribution in [3.8, 4) is 0 Å². The molecule has 2 amide bonds. The molecule has 17 heavy (non-hydrogen) atoms. The molecule has 0 saturated heterocycles. The van der Waals surface area contributed by atoms with Gasteiger partial charge in [0.1, 0.15) is 5.82 Å². The Balaban J connectivity index is 2.67. The molecule has 0 unspecified atom stereocenters. The molecule has 0 spiro atoms. The Morgan fingerprint density at radius 1 is 1.35 bits per heavy atom. The third kappa shape index (κ3) is 4.14. The van der Waals surface area contributed by atoms with Gasteiger partial charge in [-0.2, -0.15) is 0 Å². The van der Waals surface area contributed by atoms with Gasteiger partial charge in [-0.15, -0.1) is 0 Å². The van der Waals surface area contributed by atoms with Crippen molar-refractivity contribution in [1.29, 1.82) is 0 Å².